The lowest BCUT2D eigenvalue weighted by atomic mass is 9.43. The van der Waals surface area contributed by atoms with Crippen molar-refractivity contribution in [2.75, 3.05) is 7.05 Å². The van der Waals surface area contributed by atoms with E-state index in [0.717, 1.165) is 36.0 Å². The predicted octanol–water partition coefficient (Wildman–Crippen LogP) is 4.42. The lowest BCUT2D eigenvalue weighted by Crippen LogP contribution is -2.59. The summed E-state index contributed by atoms with van der Waals surface area (Å²) < 4.78 is 0. The minimum atomic E-state index is -0.940. The second kappa shape index (κ2) is 6.68. The average molecular weight is 425 g/mol. The second-order valence-corrected chi connectivity index (χ2v) is 10.5. The van der Waals surface area contributed by atoms with Crippen LogP contribution in [0.25, 0.3) is 11.1 Å². The molecule has 4 bridgehead atoms. The van der Waals surface area contributed by atoms with Crippen molar-refractivity contribution >= 4 is 11.9 Å². The van der Waals surface area contributed by atoms with Crippen LogP contribution >= 0.6 is 0 Å². The number of hydrogen-bond acceptors (Lipinski definition) is 4. The summed E-state index contributed by atoms with van der Waals surface area (Å²) in [7, 11) is 1.76. The zero-order valence-electron chi connectivity index (χ0n) is 18.4. The smallest absolute Gasteiger partial charge is 0.262 e. The number of nitriles is 1. The van der Waals surface area contributed by atoms with Gasteiger partial charge in [0, 0.05) is 12.5 Å². The molecule has 0 aromatic heterocycles. The van der Waals surface area contributed by atoms with Gasteiger partial charge in [0.1, 0.15) is 0 Å². The number of hydrogen-bond donors (Lipinski definition) is 1. The van der Waals surface area contributed by atoms with Crippen molar-refractivity contribution in [3.63, 3.8) is 0 Å². The molecular formula is C27H28N4O. The van der Waals surface area contributed by atoms with Crippen LogP contribution in [0.4, 0.5) is 0 Å². The highest BCUT2D eigenvalue weighted by Gasteiger charge is 2.67. The van der Waals surface area contributed by atoms with Crippen LogP contribution in [0.5, 0.6) is 0 Å². The number of nitrogens with zero attached hydrogens (tertiary/aromatic N) is 3. The Hall–Kier alpha value is -3.13. The molecule has 5 aliphatic rings. The molecule has 4 aliphatic carbocycles. The van der Waals surface area contributed by atoms with Crippen molar-refractivity contribution in [1.82, 2.24) is 4.90 Å². The molecule has 1 heterocycles. The summed E-state index contributed by atoms with van der Waals surface area (Å²) in [5, 5.41) is 9.13. The van der Waals surface area contributed by atoms with Gasteiger partial charge in [-0.25, -0.2) is 4.99 Å². The van der Waals surface area contributed by atoms with Gasteiger partial charge in [-0.2, -0.15) is 5.26 Å². The lowest BCUT2D eigenvalue weighted by molar-refractivity contribution is -0.149. The zero-order valence-corrected chi connectivity index (χ0v) is 18.4. The fraction of sp³-hybridized carbons (Fsp3) is 0.444. The Kier molecular flexibility index (Phi) is 4.08. The molecule has 2 aromatic carbocycles. The molecule has 1 amide bonds. The molecule has 32 heavy (non-hydrogen) atoms. The molecule has 7 rings (SSSR count). The summed E-state index contributed by atoms with van der Waals surface area (Å²) in [6.45, 7) is 0. The number of amides is 1. The van der Waals surface area contributed by atoms with E-state index in [1.54, 1.807) is 11.9 Å². The van der Waals surface area contributed by atoms with Gasteiger partial charge in [0.2, 0.25) is 0 Å². The van der Waals surface area contributed by atoms with Gasteiger partial charge in [-0.1, -0.05) is 30.3 Å². The molecule has 4 saturated carbocycles. The Morgan fingerprint density at radius 2 is 1.62 bits per heavy atom. The molecule has 2 aromatic rings. The summed E-state index contributed by atoms with van der Waals surface area (Å²) in [5.41, 5.74) is 8.87. The molecule has 5 nitrogen and oxygen atoms in total. The standard InChI is InChI=1S/C27H28N4O/c1-31-24(32)27(30-25(31)29,26-13-18-9-19(14-26)11-20(10-18)15-26)23-4-2-3-22(12-23)21-7-5-17(16-28)6-8-21/h2-8,12,18-20H,9-11,13-15H2,1H3,(H2,29,30). The zero-order chi connectivity index (χ0) is 22.1. The fourth-order valence-corrected chi connectivity index (χ4v) is 7.70. The number of carbonyl (C=O) groups is 1. The molecule has 0 spiro atoms. The van der Waals surface area contributed by atoms with Crippen LogP contribution in [0.2, 0.25) is 0 Å². The molecule has 0 radical (unpaired) electrons. The highest BCUT2D eigenvalue weighted by Crippen LogP contribution is 2.67. The highest BCUT2D eigenvalue weighted by atomic mass is 16.2. The summed E-state index contributed by atoms with van der Waals surface area (Å²) in [6, 6.07) is 18.1. The van der Waals surface area contributed by atoms with Crippen LogP contribution in [-0.2, 0) is 10.3 Å². The fourth-order valence-electron chi connectivity index (χ4n) is 7.70. The maximum Gasteiger partial charge on any atom is 0.262 e. The molecule has 1 atom stereocenters. The normalized spacial score (nSPS) is 35.1. The maximum atomic E-state index is 14.0. The first-order valence-electron chi connectivity index (χ1n) is 11.7. The Morgan fingerprint density at radius 3 is 2.16 bits per heavy atom. The first-order chi connectivity index (χ1) is 15.4. The van der Waals surface area contributed by atoms with Gasteiger partial charge in [0.15, 0.2) is 11.5 Å². The van der Waals surface area contributed by atoms with E-state index in [2.05, 4.69) is 24.3 Å². The Bertz CT molecular complexity index is 1140. The third kappa shape index (κ3) is 2.56. The third-order valence-corrected chi connectivity index (χ3v) is 8.67. The van der Waals surface area contributed by atoms with Crippen LogP contribution in [-0.4, -0.2) is 23.8 Å². The average Bonchev–Trinajstić information content (AvgIpc) is 3.03. The second-order valence-electron chi connectivity index (χ2n) is 10.5. The SMILES string of the molecule is CN1C(=O)C(c2cccc(-c3ccc(C#N)cc3)c2)(C23CC4CC(CC(C4)C2)C3)N=C1N. The topological polar surface area (TPSA) is 82.5 Å². The van der Waals surface area contributed by atoms with Gasteiger partial charge in [0.05, 0.1) is 11.6 Å². The molecule has 5 heteroatoms. The number of likely N-dealkylation sites (N-methyl/N-ethyl adjacent to an activating group) is 1. The van der Waals surface area contributed by atoms with E-state index in [9.17, 15) is 4.79 Å². The summed E-state index contributed by atoms with van der Waals surface area (Å²) in [6.07, 6.45) is 7.13. The highest BCUT2D eigenvalue weighted by molar-refractivity contribution is 6.07. The Balaban J connectivity index is 1.52. The van der Waals surface area contributed by atoms with Gasteiger partial charge in [-0.3, -0.25) is 9.69 Å². The van der Waals surface area contributed by atoms with Gasteiger partial charge in [-0.15, -0.1) is 0 Å². The molecule has 1 unspecified atom stereocenters. The van der Waals surface area contributed by atoms with E-state index in [1.807, 2.05) is 30.3 Å². The largest absolute Gasteiger partial charge is 0.369 e. The van der Waals surface area contributed by atoms with E-state index in [-0.39, 0.29) is 11.3 Å². The van der Waals surface area contributed by atoms with Crippen molar-refractivity contribution in [3.05, 3.63) is 59.7 Å². The van der Waals surface area contributed by atoms with E-state index in [4.69, 9.17) is 16.0 Å². The molecule has 162 valence electrons. The summed E-state index contributed by atoms with van der Waals surface area (Å²) >= 11 is 0. The number of guanidine groups is 1. The van der Waals surface area contributed by atoms with E-state index >= 15 is 0 Å². The van der Waals surface area contributed by atoms with Gasteiger partial charge < -0.3 is 5.73 Å². The number of carbonyl (C=O) groups excluding carboxylic acids is 1. The van der Waals surface area contributed by atoms with Crippen LogP contribution in [0, 0.1) is 34.5 Å². The van der Waals surface area contributed by atoms with Gasteiger partial charge >= 0.3 is 0 Å². The first kappa shape index (κ1) is 19.5. The van der Waals surface area contributed by atoms with E-state index in [1.165, 1.54) is 19.3 Å². The first-order valence-corrected chi connectivity index (χ1v) is 11.7. The summed E-state index contributed by atoms with van der Waals surface area (Å²) in [4.78, 5) is 20.6. The molecule has 2 N–H and O–H groups in total. The molecule has 1 aliphatic heterocycles. The third-order valence-electron chi connectivity index (χ3n) is 8.67. The van der Waals surface area contributed by atoms with Crippen LogP contribution < -0.4 is 5.73 Å². The van der Waals surface area contributed by atoms with Gasteiger partial charge in [0.25, 0.3) is 5.91 Å². The van der Waals surface area contributed by atoms with Crippen molar-refractivity contribution < 1.29 is 4.79 Å². The Labute approximate surface area is 188 Å². The monoisotopic (exact) mass is 424 g/mol. The quantitative estimate of drug-likeness (QED) is 0.792. The number of rotatable bonds is 3. The van der Waals surface area contributed by atoms with Crippen molar-refractivity contribution in [1.29, 1.82) is 5.26 Å². The van der Waals surface area contributed by atoms with Crippen molar-refractivity contribution in [3.8, 4) is 17.2 Å². The van der Waals surface area contributed by atoms with Crippen LogP contribution in [0.1, 0.15) is 49.7 Å². The summed E-state index contributed by atoms with van der Waals surface area (Å²) in [5.74, 6) is 2.46. The number of aliphatic imine (C=N–C) groups is 1. The van der Waals surface area contributed by atoms with Crippen LogP contribution in [0.3, 0.4) is 0 Å². The molecule has 0 saturated heterocycles. The molecular weight excluding hydrogens is 396 g/mol. The van der Waals surface area contributed by atoms with Gasteiger partial charge in [-0.05, 0) is 91.2 Å². The minimum Gasteiger partial charge on any atom is -0.369 e. The molecule has 4 fully saturated rings. The maximum absolute atomic E-state index is 14.0. The predicted molar refractivity (Wildman–Crippen MR) is 123 cm³/mol. The Morgan fingerprint density at radius 1 is 1.00 bits per heavy atom. The number of nitrogens with two attached hydrogens (primary N) is 1. The lowest BCUT2D eigenvalue weighted by Gasteiger charge is -2.61. The van der Waals surface area contributed by atoms with Crippen LogP contribution in [0.15, 0.2) is 53.5 Å². The van der Waals surface area contributed by atoms with E-state index in [0.29, 0.717) is 29.3 Å². The minimum absolute atomic E-state index is 0.0222. The van der Waals surface area contributed by atoms with E-state index < -0.39 is 5.54 Å². The van der Waals surface area contributed by atoms with Crippen molar-refractivity contribution in [2.45, 2.75) is 44.1 Å². The number of benzene rings is 2. The van der Waals surface area contributed by atoms with Crippen molar-refractivity contribution in [2.24, 2.45) is 33.9 Å².